The Labute approximate surface area is 809 Å². The van der Waals surface area contributed by atoms with Crippen molar-refractivity contribution in [2.75, 3.05) is 14.7 Å². The summed E-state index contributed by atoms with van der Waals surface area (Å²) in [6.45, 7) is 9.05. The molecule has 0 atom stereocenters. The number of aryl methyl sites for hydroxylation is 2. The first-order valence-corrected chi connectivity index (χ1v) is 47.7. The van der Waals surface area contributed by atoms with Gasteiger partial charge in [-0.15, -0.1) is 0 Å². The molecule has 3 nitrogen and oxygen atoms in total. The van der Waals surface area contributed by atoms with E-state index >= 15 is 0 Å². The van der Waals surface area contributed by atoms with Gasteiger partial charge in [-0.3, -0.25) is 0 Å². The van der Waals surface area contributed by atoms with E-state index in [-0.39, 0.29) is 5.41 Å². The molecule has 3 heteroatoms. The van der Waals surface area contributed by atoms with E-state index in [0.29, 0.717) is 0 Å². The standard InChI is InChI=1S/C49H37N.C44H31N.C42H33N/c1-49(2)46-23-12-11-22-44(46)45-29-28-42(33-47(45)49)50(48-32-40(35-16-7-4-8-17-35)31-39-18-9-10-21-43(39)48)41-26-24-36(25-27-41)38-20-13-19-37(30-38)34-14-5-3-6-15-34;1-3-13-32(14-4-1)35-25-27-40(28-26-35)45(43-22-12-11-20-41(43)38-24-23-34-17-7-8-18-36(34)29-38)44-31-39(33-15-5-2-6-16-33)30-37-19-9-10-21-42(37)44;1-30-24-31(2)26-37(25-30)35-17-11-18-40(28-35)43(39-22-20-34(21-23-39)32-12-5-3-6-13-32)42-29-38(33-14-7-4-8-15-33)27-36-16-9-10-19-41(36)42/h3-33H,1-2H3;1-31H;3-29H,1-2H3. The summed E-state index contributed by atoms with van der Waals surface area (Å²) < 4.78 is 0. The third-order valence-corrected chi connectivity index (χ3v) is 27.1. The largest absolute Gasteiger partial charge is 0.310 e. The van der Waals surface area contributed by atoms with Crippen molar-refractivity contribution in [2.24, 2.45) is 0 Å². The maximum atomic E-state index is 2.46. The van der Waals surface area contributed by atoms with Crippen LogP contribution < -0.4 is 14.7 Å². The molecule has 656 valence electrons. The monoisotopic (exact) mass is 1760 g/mol. The van der Waals surface area contributed by atoms with E-state index in [0.717, 1.165) is 51.2 Å². The molecule has 1 aliphatic carbocycles. The number of anilines is 9. The number of hydrogen-bond acceptors (Lipinski definition) is 3. The molecule has 0 fully saturated rings. The third-order valence-electron chi connectivity index (χ3n) is 27.1. The molecule has 0 heterocycles. The first-order chi connectivity index (χ1) is 68.0. The minimum atomic E-state index is -0.102. The Morgan fingerprint density at radius 1 is 0.145 bits per heavy atom. The minimum absolute atomic E-state index is 0.102. The quantitative estimate of drug-likeness (QED) is 0.0848. The zero-order valence-electron chi connectivity index (χ0n) is 77.7. The van der Waals surface area contributed by atoms with Gasteiger partial charge < -0.3 is 14.7 Å². The van der Waals surface area contributed by atoms with Crippen molar-refractivity contribution in [2.45, 2.75) is 33.1 Å². The smallest absolute Gasteiger partial charge is 0.0546 e. The van der Waals surface area contributed by atoms with Crippen LogP contribution >= 0.6 is 0 Å². The van der Waals surface area contributed by atoms with E-state index in [2.05, 4.69) is 582 Å². The van der Waals surface area contributed by atoms with Gasteiger partial charge in [-0.2, -0.15) is 0 Å². The molecule has 0 N–H and O–H groups in total. The Morgan fingerprint density at radius 3 is 0.906 bits per heavy atom. The Morgan fingerprint density at radius 2 is 0.442 bits per heavy atom. The SMILES string of the molecule is CC1(C)c2ccccc2-c2ccc(N(c3ccc(-c4cccc(-c5ccccc5)c4)cc3)c3cc(-c4ccccc4)cc4ccccc34)cc21.Cc1cc(C)cc(-c2cccc(N(c3ccc(-c4ccccc4)cc3)c3cc(-c4ccccc4)cc4ccccc34)c2)c1.c1ccc(-c2ccc(N(c3ccccc3-c3ccc4ccccc4c3)c3cc(-c4ccccc4)cc4ccccc34)cc2)cc1. The zero-order valence-corrected chi connectivity index (χ0v) is 77.7. The zero-order chi connectivity index (χ0) is 92.8. The van der Waals surface area contributed by atoms with Crippen molar-refractivity contribution < 1.29 is 0 Å². The topological polar surface area (TPSA) is 9.72 Å². The van der Waals surface area contributed by atoms with Gasteiger partial charge in [0.05, 0.1) is 22.7 Å². The highest BCUT2D eigenvalue weighted by atomic mass is 15.2. The molecule has 23 aromatic carbocycles. The Hall–Kier alpha value is -17.5. The van der Waals surface area contributed by atoms with Gasteiger partial charge in [-0.25, -0.2) is 0 Å². The Kier molecular flexibility index (Phi) is 23.8. The predicted octanol–water partition coefficient (Wildman–Crippen LogP) is 38.0. The maximum Gasteiger partial charge on any atom is 0.0546 e. The first-order valence-electron chi connectivity index (χ1n) is 47.7. The lowest BCUT2D eigenvalue weighted by Crippen LogP contribution is -2.16. The molecule has 0 saturated carbocycles. The molecule has 0 unspecified atom stereocenters. The maximum absolute atomic E-state index is 2.46. The molecule has 0 radical (unpaired) electrons. The van der Waals surface area contributed by atoms with Crippen LogP contribution in [0.5, 0.6) is 0 Å². The average molecular weight is 1770 g/mol. The third kappa shape index (κ3) is 17.6. The molecule has 0 aliphatic heterocycles. The van der Waals surface area contributed by atoms with E-state index < -0.39 is 0 Å². The van der Waals surface area contributed by atoms with Crippen LogP contribution in [-0.2, 0) is 5.41 Å². The summed E-state index contributed by atoms with van der Waals surface area (Å²) in [6.07, 6.45) is 0. The fraction of sp³-hybridized carbons (Fsp3) is 0.0370. The van der Waals surface area contributed by atoms with Gasteiger partial charge in [0, 0.05) is 55.6 Å². The minimum Gasteiger partial charge on any atom is -0.310 e. The van der Waals surface area contributed by atoms with Crippen molar-refractivity contribution in [1.82, 2.24) is 0 Å². The summed E-state index contributed by atoms with van der Waals surface area (Å²) in [6, 6.07) is 196. The number of nitrogens with zero attached hydrogens (tertiary/aromatic N) is 3. The predicted molar refractivity (Wildman–Crippen MR) is 589 cm³/mol. The molecule has 0 aromatic heterocycles. The molecule has 0 spiro atoms. The molecule has 24 rings (SSSR count). The fourth-order valence-corrected chi connectivity index (χ4v) is 20.3. The van der Waals surface area contributed by atoms with Crippen LogP contribution in [0.1, 0.15) is 36.1 Å². The summed E-state index contributed by atoms with van der Waals surface area (Å²) in [5, 5.41) is 9.77. The van der Waals surface area contributed by atoms with Crippen LogP contribution in [0.3, 0.4) is 0 Å². The van der Waals surface area contributed by atoms with Crippen molar-refractivity contribution in [3.63, 3.8) is 0 Å². The number of para-hydroxylation sites is 1. The highest BCUT2D eigenvalue weighted by Crippen LogP contribution is 2.54. The summed E-state index contributed by atoms with van der Waals surface area (Å²) in [4.78, 5) is 7.31. The van der Waals surface area contributed by atoms with Crippen LogP contribution in [0.2, 0.25) is 0 Å². The first kappa shape index (κ1) is 85.9. The van der Waals surface area contributed by atoms with Crippen LogP contribution in [0.4, 0.5) is 51.2 Å². The van der Waals surface area contributed by atoms with Gasteiger partial charge in [-0.05, 0) is 273 Å². The molecule has 1 aliphatic rings. The van der Waals surface area contributed by atoms with E-state index in [9.17, 15) is 0 Å². The van der Waals surface area contributed by atoms with Crippen LogP contribution in [-0.4, -0.2) is 0 Å². The second-order valence-electron chi connectivity index (χ2n) is 36.5. The van der Waals surface area contributed by atoms with E-state index in [1.807, 2.05) is 0 Å². The van der Waals surface area contributed by atoms with Crippen LogP contribution in [0.25, 0.3) is 154 Å². The Bertz CT molecular complexity index is 8300. The normalized spacial score (nSPS) is 11.7. The number of hydrogen-bond donors (Lipinski definition) is 0. The lowest BCUT2D eigenvalue weighted by Gasteiger charge is -2.30. The van der Waals surface area contributed by atoms with Gasteiger partial charge in [0.1, 0.15) is 0 Å². The van der Waals surface area contributed by atoms with Gasteiger partial charge in [0.15, 0.2) is 0 Å². The Balaban J connectivity index is 0.000000120. The highest BCUT2D eigenvalue weighted by molar-refractivity contribution is 6.07. The number of benzene rings is 23. The van der Waals surface area contributed by atoms with Crippen LogP contribution in [0, 0.1) is 13.8 Å². The van der Waals surface area contributed by atoms with Crippen LogP contribution in [0.15, 0.2) is 540 Å². The van der Waals surface area contributed by atoms with Crippen molar-refractivity contribution >= 4 is 94.3 Å². The lowest BCUT2D eigenvalue weighted by molar-refractivity contribution is 0.660. The summed E-state index contributed by atoms with van der Waals surface area (Å²) in [5.41, 5.74) is 39.8. The van der Waals surface area contributed by atoms with Gasteiger partial charge in [0.2, 0.25) is 0 Å². The molecule has 0 bridgehead atoms. The molecule has 23 aromatic rings. The number of fused-ring (bicyclic) bond motifs is 7. The molecular weight excluding hydrogens is 1660 g/mol. The average Bonchev–Trinajstić information content (AvgIpc) is 1.66. The van der Waals surface area contributed by atoms with Gasteiger partial charge >= 0.3 is 0 Å². The van der Waals surface area contributed by atoms with Crippen molar-refractivity contribution in [3.05, 3.63) is 562 Å². The molecular formula is C135H101N3. The van der Waals surface area contributed by atoms with Crippen molar-refractivity contribution in [1.29, 1.82) is 0 Å². The summed E-state index contributed by atoms with van der Waals surface area (Å²) in [7, 11) is 0. The van der Waals surface area contributed by atoms with E-state index in [4.69, 9.17) is 0 Å². The fourth-order valence-electron chi connectivity index (χ4n) is 20.3. The van der Waals surface area contributed by atoms with Crippen molar-refractivity contribution in [3.8, 4) is 111 Å². The number of rotatable bonds is 18. The molecule has 0 saturated heterocycles. The van der Waals surface area contributed by atoms with Gasteiger partial charge in [-0.1, -0.05) is 450 Å². The van der Waals surface area contributed by atoms with E-state index in [1.165, 1.54) is 177 Å². The molecule has 138 heavy (non-hydrogen) atoms. The van der Waals surface area contributed by atoms with Gasteiger partial charge in [0.25, 0.3) is 0 Å². The molecule has 0 amide bonds. The summed E-state index contributed by atoms with van der Waals surface area (Å²) in [5.74, 6) is 0. The summed E-state index contributed by atoms with van der Waals surface area (Å²) >= 11 is 0. The second kappa shape index (κ2) is 38.2. The highest BCUT2D eigenvalue weighted by Gasteiger charge is 2.36. The second-order valence-corrected chi connectivity index (χ2v) is 36.5. The lowest BCUT2D eigenvalue weighted by atomic mass is 9.82. The van der Waals surface area contributed by atoms with E-state index in [1.54, 1.807) is 0 Å².